The van der Waals surface area contributed by atoms with Crippen LogP contribution >= 0.6 is 23.3 Å². The largest absolute Gasteiger partial charge is 0.337 e. The Balaban J connectivity index is 2.10. The van der Waals surface area contributed by atoms with Crippen LogP contribution in [-0.4, -0.2) is 19.3 Å². The zero-order valence-corrected chi connectivity index (χ0v) is 9.58. The molecular formula is C8H10N4S2. The molecule has 0 saturated heterocycles. The van der Waals surface area contributed by atoms with Crippen molar-refractivity contribution in [1.82, 2.24) is 19.3 Å². The molecule has 0 radical (unpaired) electrons. The SMILES string of the molecule is CCc1cnc(Sc2nc(C)ns2)[nH]1. The first-order valence-corrected chi connectivity index (χ1v) is 5.89. The van der Waals surface area contributed by atoms with Gasteiger partial charge in [-0.2, -0.15) is 4.37 Å². The fourth-order valence-electron chi connectivity index (χ4n) is 0.972. The summed E-state index contributed by atoms with van der Waals surface area (Å²) in [5, 5.41) is 0.887. The molecule has 0 spiro atoms. The molecule has 2 aromatic rings. The Kier molecular flexibility index (Phi) is 2.83. The summed E-state index contributed by atoms with van der Waals surface area (Å²) in [5.74, 6) is 0.819. The summed E-state index contributed by atoms with van der Waals surface area (Å²) in [6.45, 7) is 3.98. The van der Waals surface area contributed by atoms with Crippen LogP contribution in [0.5, 0.6) is 0 Å². The van der Waals surface area contributed by atoms with E-state index in [-0.39, 0.29) is 0 Å². The molecule has 2 aromatic heterocycles. The molecule has 0 fully saturated rings. The number of aryl methyl sites for hydroxylation is 2. The van der Waals surface area contributed by atoms with Gasteiger partial charge in [0.15, 0.2) is 9.50 Å². The Hall–Kier alpha value is -0.880. The second kappa shape index (κ2) is 4.10. The van der Waals surface area contributed by atoms with Crippen LogP contribution < -0.4 is 0 Å². The van der Waals surface area contributed by atoms with Gasteiger partial charge in [-0.3, -0.25) is 0 Å². The first-order chi connectivity index (χ1) is 6.78. The van der Waals surface area contributed by atoms with Crippen molar-refractivity contribution >= 4 is 23.3 Å². The van der Waals surface area contributed by atoms with Crippen molar-refractivity contribution in [1.29, 1.82) is 0 Å². The van der Waals surface area contributed by atoms with Crippen molar-refractivity contribution in [2.24, 2.45) is 0 Å². The Morgan fingerprint density at radius 3 is 3.00 bits per heavy atom. The molecule has 0 unspecified atom stereocenters. The van der Waals surface area contributed by atoms with Gasteiger partial charge in [-0.05, 0) is 36.6 Å². The van der Waals surface area contributed by atoms with Crippen LogP contribution in [-0.2, 0) is 6.42 Å². The summed E-state index contributed by atoms with van der Waals surface area (Å²) >= 11 is 2.93. The van der Waals surface area contributed by atoms with Gasteiger partial charge in [-0.25, -0.2) is 9.97 Å². The Morgan fingerprint density at radius 1 is 1.57 bits per heavy atom. The van der Waals surface area contributed by atoms with Crippen molar-refractivity contribution in [3.63, 3.8) is 0 Å². The lowest BCUT2D eigenvalue weighted by molar-refractivity contribution is 0.990. The van der Waals surface area contributed by atoms with Crippen LogP contribution in [0.25, 0.3) is 0 Å². The van der Waals surface area contributed by atoms with Crippen molar-refractivity contribution < 1.29 is 0 Å². The number of aromatic nitrogens is 4. The summed E-state index contributed by atoms with van der Waals surface area (Å²) < 4.78 is 5.04. The van der Waals surface area contributed by atoms with Crippen LogP contribution in [0.15, 0.2) is 15.7 Å². The highest BCUT2D eigenvalue weighted by Gasteiger charge is 2.05. The lowest BCUT2D eigenvalue weighted by atomic mass is 10.4. The van der Waals surface area contributed by atoms with E-state index in [2.05, 4.69) is 26.2 Å². The molecule has 0 aromatic carbocycles. The molecule has 4 nitrogen and oxygen atoms in total. The van der Waals surface area contributed by atoms with E-state index >= 15 is 0 Å². The van der Waals surface area contributed by atoms with Crippen LogP contribution in [0.2, 0.25) is 0 Å². The predicted molar refractivity (Wildman–Crippen MR) is 56.7 cm³/mol. The molecule has 0 aliphatic carbocycles. The number of aromatic amines is 1. The molecule has 0 amide bonds. The fourth-order valence-corrected chi connectivity index (χ4v) is 2.52. The standard InChI is InChI=1S/C8H10N4S2/c1-3-6-4-9-7(11-6)13-8-10-5(2)12-14-8/h4H,3H2,1-2H3,(H,9,11). The molecule has 2 rings (SSSR count). The van der Waals surface area contributed by atoms with Gasteiger partial charge in [0, 0.05) is 11.9 Å². The van der Waals surface area contributed by atoms with Gasteiger partial charge in [0.25, 0.3) is 0 Å². The number of rotatable bonds is 3. The van der Waals surface area contributed by atoms with E-state index in [0.29, 0.717) is 0 Å². The van der Waals surface area contributed by atoms with E-state index in [0.717, 1.165) is 27.4 Å². The lowest BCUT2D eigenvalue weighted by Gasteiger charge is -1.89. The lowest BCUT2D eigenvalue weighted by Crippen LogP contribution is -1.78. The molecule has 2 heterocycles. The third-order valence-corrected chi connectivity index (χ3v) is 3.42. The summed E-state index contributed by atoms with van der Waals surface area (Å²) in [6.07, 6.45) is 2.83. The maximum absolute atomic E-state index is 4.25. The second-order valence-electron chi connectivity index (χ2n) is 2.78. The zero-order valence-electron chi connectivity index (χ0n) is 7.94. The average Bonchev–Trinajstić information content (AvgIpc) is 2.76. The molecule has 14 heavy (non-hydrogen) atoms. The molecule has 74 valence electrons. The maximum Gasteiger partial charge on any atom is 0.177 e. The smallest absolute Gasteiger partial charge is 0.177 e. The first-order valence-electron chi connectivity index (χ1n) is 4.30. The van der Waals surface area contributed by atoms with Crippen molar-refractivity contribution in [3.05, 3.63) is 17.7 Å². The highest BCUT2D eigenvalue weighted by Crippen LogP contribution is 2.26. The minimum Gasteiger partial charge on any atom is -0.337 e. The van der Waals surface area contributed by atoms with Crippen LogP contribution in [0.3, 0.4) is 0 Å². The van der Waals surface area contributed by atoms with E-state index in [1.807, 2.05) is 13.1 Å². The Bertz CT molecular complexity index is 420. The second-order valence-corrected chi connectivity index (χ2v) is 4.76. The van der Waals surface area contributed by atoms with Crippen LogP contribution in [0.1, 0.15) is 18.4 Å². The summed E-state index contributed by atoms with van der Waals surface area (Å²) in [6, 6.07) is 0. The normalized spacial score (nSPS) is 10.7. The number of nitrogens with one attached hydrogen (secondary N) is 1. The summed E-state index contributed by atoms with van der Waals surface area (Å²) in [4.78, 5) is 11.7. The zero-order chi connectivity index (χ0) is 9.97. The summed E-state index contributed by atoms with van der Waals surface area (Å²) in [5.41, 5.74) is 1.15. The quantitative estimate of drug-likeness (QED) is 0.872. The Labute approximate surface area is 90.4 Å². The van der Waals surface area contributed by atoms with Gasteiger partial charge in [0.1, 0.15) is 5.82 Å². The van der Waals surface area contributed by atoms with Gasteiger partial charge >= 0.3 is 0 Å². The molecule has 6 heteroatoms. The minimum atomic E-state index is 0.819. The topological polar surface area (TPSA) is 54.5 Å². The van der Waals surface area contributed by atoms with E-state index in [1.54, 1.807) is 0 Å². The number of nitrogens with zero attached hydrogens (tertiary/aromatic N) is 3. The van der Waals surface area contributed by atoms with Gasteiger partial charge in [-0.15, -0.1) is 0 Å². The van der Waals surface area contributed by atoms with Crippen LogP contribution in [0.4, 0.5) is 0 Å². The Morgan fingerprint density at radius 2 is 2.43 bits per heavy atom. The molecule has 0 aliphatic heterocycles. The first kappa shape index (κ1) is 9.67. The number of imidazole rings is 1. The molecule has 0 bridgehead atoms. The molecule has 0 aliphatic rings. The summed E-state index contributed by atoms with van der Waals surface area (Å²) in [7, 11) is 0. The van der Waals surface area contributed by atoms with E-state index < -0.39 is 0 Å². The molecule has 1 N–H and O–H groups in total. The molecule has 0 saturated carbocycles. The van der Waals surface area contributed by atoms with Gasteiger partial charge in [0.2, 0.25) is 0 Å². The minimum absolute atomic E-state index is 0.819. The van der Waals surface area contributed by atoms with Gasteiger partial charge in [-0.1, -0.05) is 6.92 Å². The fraction of sp³-hybridized carbons (Fsp3) is 0.375. The van der Waals surface area contributed by atoms with Crippen molar-refractivity contribution in [3.8, 4) is 0 Å². The van der Waals surface area contributed by atoms with Crippen molar-refractivity contribution in [2.45, 2.75) is 29.8 Å². The third kappa shape index (κ3) is 2.13. The van der Waals surface area contributed by atoms with E-state index in [4.69, 9.17) is 0 Å². The van der Waals surface area contributed by atoms with E-state index in [9.17, 15) is 0 Å². The highest BCUT2D eigenvalue weighted by molar-refractivity contribution is 8.00. The average molecular weight is 226 g/mol. The predicted octanol–water partition coefficient (Wildman–Crippen LogP) is 2.28. The van der Waals surface area contributed by atoms with E-state index in [1.165, 1.54) is 23.3 Å². The molecule has 0 atom stereocenters. The number of hydrogen-bond donors (Lipinski definition) is 1. The van der Waals surface area contributed by atoms with Crippen LogP contribution in [0, 0.1) is 6.92 Å². The number of hydrogen-bond acceptors (Lipinski definition) is 5. The van der Waals surface area contributed by atoms with Gasteiger partial charge in [0.05, 0.1) is 0 Å². The monoisotopic (exact) mass is 226 g/mol. The third-order valence-electron chi connectivity index (χ3n) is 1.68. The molecular weight excluding hydrogens is 216 g/mol. The number of H-pyrrole nitrogens is 1. The highest BCUT2D eigenvalue weighted by atomic mass is 32.2. The van der Waals surface area contributed by atoms with Crippen molar-refractivity contribution in [2.75, 3.05) is 0 Å². The van der Waals surface area contributed by atoms with Gasteiger partial charge < -0.3 is 4.98 Å². The maximum atomic E-state index is 4.25.